The summed E-state index contributed by atoms with van der Waals surface area (Å²) in [5.74, 6) is 0. The minimum Gasteiger partial charge on any atom is -0.310 e. The number of fused-ring (bicyclic) bond motifs is 3. The first-order valence-corrected chi connectivity index (χ1v) is 16.3. The van der Waals surface area contributed by atoms with Crippen LogP contribution >= 0.6 is 0 Å². The summed E-state index contributed by atoms with van der Waals surface area (Å²) in [7, 11) is 0. The van der Waals surface area contributed by atoms with Gasteiger partial charge in [-0.2, -0.15) is 0 Å². The molecule has 47 heavy (non-hydrogen) atoms. The summed E-state index contributed by atoms with van der Waals surface area (Å²) < 4.78 is 0. The third-order valence-electron chi connectivity index (χ3n) is 9.44. The quantitative estimate of drug-likeness (QED) is 0.176. The molecule has 0 amide bonds. The second-order valence-electron chi connectivity index (χ2n) is 12.1. The molecule has 1 aliphatic carbocycles. The van der Waals surface area contributed by atoms with Crippen LogP contribution in [-0.4, -0.2) is 0 Å². The van der Waals surface area contributed by atoms with Crippen LogP contribution in [0.2, 0.25) is 0 Å². The number of hydrogen-bond donors (Lipinski definition) is 0. The minimum absolute atomic E-state index is 0.455. The topological polar surface area (TPSA) is 3.24 Å². The Morgan fingerprint density at radius 3 is 1.57 bits per heavy atom. The van der Waals surface area contributed by atoms with Crippen molar-refractivity contribution in [1.82, 2.24) is 0 Å². The lowest BCUT2D eigenvalue weighted by atomic mass is 9.68. The lowest BCUT2D eigenvalue weighted by molar-refractivity contribution is 0.768. The molecule has 0 radical (unpaired) electrons. The van der Waals surface area contributed by atoms with Gasteiger partial charge in [-0.15, -0.1) is 0 Å². The molecule has 0 saturated carbocycles. The van der Waals surface area contributed by atoms with Gasteiger partial charge in [0.15, 0.2) is 0 Å². The molecule has 8 rings (SSSR count). The lowest BCUT2D eigenvalue weighted by Crippen LogP contribution is -2.28. The van der Waals surface area contributed by atoms with Crippen molar-refractivity contribution in [2.24, 2.45) is 0 Å². The third kappa shape index (κ3) is 4.80. The van der Waals surface area contributed by atoms with Gasteiger partial charge in [-0.3, -0.25) is 0 Å². The highest BCUT2D eigenvalue weighted by Gasteiger charge is 2.47. The predicted octanol–water partition coefficient (Wildman–Crippen LogP) is 12.2. The molecule has 1 nitrogen and oxygen atoms in total. The Kier molecular flexibility index (Phi) is 7.36. The Labute approximate surface area is 277 Å². The first-order chi connectivity index (χ1) is 23.3. The molecule has 224 valence electrons. The Morgan fingerprint density at radius 2 is 0.957 bits per heavy atom. The monoisotopic (exact) mass is 601 g/mol. The lowest BCUT2D eigenvalue weighted by Gasteiger charge is -2.34. The fourth-order valence-electron chi connectivity index (χ4n) is 7.45. The molecule has 0 atom stereocenters. The van der Waals surface area contributed by atoms with Gasteiger partial charge in [0, 0.05) is 16.9 Å². The maximum atomic E-state index is 2.43. The Balaban J connectivity index is 1.40. The van der Waals surface area contributed by atoms with Crippen molar-refractivity contribution in [2.45, 2.75) is 12.3 Å². The zero-order valence-electron chi connectivity index (χ0n) is 26.4. The van der Waals surface area contributed by atoms with Gasteiger partial charge >= 0.3 is 0 Å². The SMILES string of the molecule is CC=Cc1ccc(N(c2ccc(-c3ccccc3)cc2)c2cccc3c2-c2ccccc2C3(c2ccccc2)c2ccccc2)cc1. The van der Waals surface area contributed by atoms with Crippen molar-refractivity contribution < 1.29 is 0 Å². The molecule has 0 fully saturated rings. The molecule has 0 bridgehead atoms. The average molecular weight is 602 g/mol. The van der Waals surface area contributed by atoms with Crippen molar-refractivity contribution in [2.75, 3.05) is 4.90 Å². The number of allylic oxidation sites excluding steroid dienone is 1. The van der Waals surface area contributed by atoms with E-state index < -0.39 is 5.41 Å². The van der Waals surface area contributed by atoms with Gasteiger partial charge < -0.3 is 4.90 Å². The predicted molar refractivity (Wildman–Crippen MR) is 199 cm³/mol. The van der Waals surface area contributed by atoms with Crippen LogP contribution in [0.25, 0.3) is 28.3 Å². The zero-order chi connectivity index (χ0) is 31.6. The van der Waals surface area contributed by atoms with Crippen LogP contribution in [0.3, 0.4) is 0 Å². The highest BCUT2D eigenvalue weighted by atomic mass is 15.1. The molecular weight excluding hydrogens is 567 g/mol. The summed E-state index contributed by atoms with van der Waals surface area (Å²) in [6.45, 7) is 2.06. The molecule has 0 heterocycles. The highest BCUT2D eigenvalue weighted by molar-refractivity contribution is 5.97. The van der Waals surface area contributed by atoms with E-state index in [0.717, 1.165) is 17.1 Å². The van der Waals surface area contributed by atoms with E-state index in [9.17, 15) is 0 Å². The fraction of sp³-hybridized carbons (Fsp3) is 0.0435. The Bertz CT molecular complexity index is 2120. The second-order valence-corrected chi connectivity index (χ2v) is 12.1. The number of benzene rings is 7. The van der Waals surface area contributed by atoms with Gasteiger partial charge in [0.2, 0.25) is 0 Å². The van der Waals surface area contributed by atoms with Gasteiger partial charge in [-0.05, 0) is 81.8 Å². The second kappa shape index (κ2) is 12.1. The van der Waals surface area contributed by atoms with E-state index in [1.165, 1.54) is 50.1 Å². The van der Waals surface area contributed by atoms with Crippen LogP contribution in [0.5, 0.6) is 0 Å². The Morgan fingerprint density at radius 1 is 0.447 bits per heavy atom. The molecule has 7 aromatic carbocycles. The summed E-state index contributed by atoms with van der Waals surface area (Å²) in [6, 6.07) is 66.3. The third-order valence-corrected chi connectivity index (χ3v) is 9.44. The molecule has 0 saturated heterocycles. The van der Waals surface area contributed by atoms with E-state index in [-0.39, 0.29) is 0 Å². The molecule has 1 heteroatoms. The first-order valence-electron chi connectivity index (χ1n) is 16.3. The maximum Gasteiger partial charge on any atom is 0.0714 e. The molecule has 0 N–H and O–H groups in total. The van der Waals surface area contributed by atoms with Crippen LogP contribution in [0, 0.1) is 0 Å². The van der Waals surface area contributed by atoms with E-state index in [0.29, 0.717) is 0 Å². The number of rotatable bonds is 7. The van der Waals surface area contributed by atoms with Crippen molar-refractivity contribution in [3.63, 3.8) is 0 Å². The molecule has 0 unspecified atom stereocenters. The largest absolute Gasteiger partial charge is 0.310 e. The summed E-state index contributed by atoms with van der Waals surface area (Å²) in [6.07, 6.45) is 4.23. The van der Waals surface area contributed by atoms with Gasteiger partial charge in [0.25, 0.3) is 0 Å². The molecule has 7 aromatic rings. The Hall–Kier alpha value is -5.92. The van der Waals surface area contributed by atoms with E-state index in [1.54, 1.807) is 0 Å². The van der Waals surface area contributed by atoms with E-state index >= 15 is 0 Å². The van der Waals surface area contributed by atoms with Crippen molar-refractivity contribution in [3.05, 3.63) is 216 Å². The molecule has 0 aromatic heterocycles. The highest BCUT2D eigenvalue weighted by Crippen LogP contribution is 2.59. The standard InChI is InChI=1S/C46H35N/c1-2-15-34-26-30-39(31-27-34)47(40-32-28-36(29-33-40)35-16-6-3-7-17-35)44-25-14-24-43-45(44)41-22-12-13-23-42(41)46(43,37-18-8-4-9-19-37)38-20-10-5-11-21-38/h2-33H,1H3. The summed E-state index contributed by atoms with van der Waals surface area (Å²) in [5.41, 5.74) is 14.2. The summed E-state index contributed by atoms with van der Waals surface area (Å²) >= 11 is 0. The molecular formula is C46H35N. The minimum atomic E-state index is -0.455. The normalized spacial score (nSPS) is 12.9. The molecule has 0 aliphatic heterocycles. The first kappa shape index (κ1) is 28.5. The average Bonchev–Trinajstić information content (AvgIpc) is 3.46. The van der Waals surface area contributed by atoms with E-state index in [1.807, 2.05) is 0 Å². The smallest absolute Gasteiger partial charge is 0.0714 e. The molecule has 0 spiro atoms. The maximum absolute atomic E-state index is 2.43. The van der Waals surface area contributed by atoms with Crippen LogP contribution in [0.1, 0.15) is 34.7 Å². The van der Waals surface area contributed by atoms with Crippen LogP contribution in [0.4, 0.5) is 17.1 Å². The number of hydrogen-bond acceptors (Lipinski definition) is 1. The van der Waals surface area contributed by atoms with Crippen molar-refractivity contribution in [3.8, 4) is 22.3 Å². The van der Waals surface area contributed by atoms with E-state index in [4.69, 9.17) is 0 Å². The van der Waals surface area contributed by atoms with Crippen LogP contribution in [0.15, 0.2) is 188 Å². The van der Waals surface area contributed by atoms with Crippen molar-refractivity contribution >= 4 is 23.1 Å². The zero-order valence-corrected chi connectivity index (χ0v) is 26.4. The summed E-state index contributed by atoms with van der Waals surface area (Å²) in [4.78, 5) is 2.43. The summed E-state index contributed by atoms with van der Waals surface area (Å²) in [5, 5.41) is 0. The van der Waals surface area contributed by atoms with Crippen molar-refractivity contribution in [1.29, 1.82) is 0 Å². The van der Waals surface area contributed by atoms with Crippen LogP contribution in [-0.2, 0) is 5.41 Å². The number of anilines is 3. The van der Waals surface area contributed by atoms with Gasteiger partial charge in [-0.25, -0.2) is 0 Å². The molecule has 1 aliphatic rings. The van der Waals surface area contributed by atoms with Gasteiger partial charge in [-0.1, -0.05) is 164 Å². The van der Waals surface area contributed by atoms with E-state index in [2.05, 4.69) is 206 Å². The van der Waals surface area contributed by atoms with Gasteiger partial charge in [0.05, 0.1) is 11.1 Å². The fourth-order valence-corrected chi connectivity index (χ4v) is 7.45. The van der Waals surface area contributed by atoms with Crippen LogP contribution < -0.4 is 4.90 Å². The number of nitrogens with zero attached hydrogens (tertiary/aromatic N) is 1. The van der Waals surface area contributed by atoms with Gasteiger partial charge in [0.1, 0.15) is 0 Å².